The van der Waals surface area contributed by atoms with Gasteiger partial charge < -0.3 is 14.5 Å². The van der Waals surface area contributed by atoms with Crippen LogP contribution in [0, 0.1) is 0 Å². The molecular formula is C26H30N4O3. The van der Waals surface area contributed by atoms with Gasteiger partial charge in [0.05, 0.1) is 23.9 Å². The van der Waals surface area contributed by atoms with Crippen LogP contribution in [0.4, 0.5) is 0 Å². The molecule has 172 valence electrons. The molecule has 0 atom stereocenters. The SMILES string of the molecule is CCOc1ccc(C(=O)N2CCC(c3ccn4ncc(C(=O)N5CCCC5)c4c3)CC2)cc1. The van der Waals surface area contributed by atoms with Crippen LogP contribution in [0.3, 0.4) is 0 Å². The van der Waals surface area contributed by atoms with Gasteiger partial charge in [-0.3, -0.25) is 9.59 Å². The first-order valence-electron chi connectivity index (χ1n) is 11.9. The van der Waals surface area contributed by atoms with Crippen molar-refractivity contribution >= 4 is 17.3 Å². The molecule has 2 aliphatic rings. The maximum atomic E-state index is 12.9. The lowest BCUT2D eigenvalue weighted by molar-refractivity contribution is 0.0712. The summed E-state index contributed by atoms with van der Waals surface area (Å²) < 4.78 is 7.26. The smallest absolute Gasteiger partial charge is 0.257 e. The minimum atomic E-state index is 0.0706. The molecule has 7 heteroatoms. The molecule has 0 saturated carbocycles. The van der Waals surface area contributed by atoms with Gasteiger partial charge in [-0.15, -0.1) is 0 Å². The molecule has 1 aromatic carbocycles. The van der Waals surface area contributed by atoms with Gasteiger partial charge in [0.2, 0.25) is 0 Å². The third-order valence-corrected chi connectivity index (χ3v) is 6.84. The summed E-state index contributed by atoms with van der Waals surface area (Å²) in [7, 11) is 0. The van der Waals surface area contributed by atoms with Crippen LogP contribution in [0.15, 0.2) is 48.8 Å². The molecule has 0 bridgehead atoms. The number of ether oxygens (including phenoxy) is 1. The monoisotopic (exact) mass is 446 g/mol. The van der Waals surface area contributed by atoms with E-state index in [1.807, 2.05) is 47.2 Å². The second-order valence-electron chi connectivity index (χ2n) is 8.87. The molecule has 2 saturated heterocycles. The van der Waals surface area contributed by atoms with Crippen LogP contribution in [-0.2, 0) is 0 Å². The van der Waals surface area contributed by atoms with Crippen LogP contribution >= 0.6 is 0 Å². The number of pyridine rings is 1. The quantitative estimate of drug-likeness (QED) is 0.594. The summed E-state index contributed by atoms with van der Waals surface area (Å²) >= 11 is 0. The summed E-state index contributed by atoms with van der Waals surface area (Å²) in [6, 6.07) is 11.6. The molecule has 3 aromatic rings. The molecule has 7 nitrogen and oxygen atoms in total. The van der Waals surface area contributed by atoms with Crippen LogP contribution in [0.25, 0.3) is 5.52 Å². The van der Waals surface area contributed by atoms with E-state index in [1.54, 1.807) is 10.7 Å². The molecule has 2 amide bonds. The van der Waals surface area contributed by atoms with Gasteiger partial charge in [0.25, 0.3) is 11.8 Å². The molecule has 0 aliphatic carbocycles. The maximum absolute atomic E-state index is 12.9. The van der Waals surface area contributed by atoms with E-state index in [1.165, 1.54) is 5.56 Å². The lowest BCUT2D eigenvalue weighted by Gasteiger charge is -2.32. The van der Waals surface area contributed by atoms with Crippen molar-refractivity contribution in [1.82, 2.24) is 19.4 Å². The molecule has 0 N–H and O–H groups in total. The number of fused-ring (bicyclic) bond motifs is 1. The number of carbonyl (C=O) groups is 2. The summed E-state index contributed by atoms with van der Waals surface area (Å²) in [6.45, 7) is 5.66. The number of carbonyl (C=O) groups excluding carboxylic acids is 2. The van der Waals surface area contributed by atoms with E-state index < -0.39 is 0 Å². The standard InChI is InChI=1S/C26H30N4O3/c1-2-33-22-7-5-20(6-8-22)25(31)29-14-9-19(10-15-29)21-11-16-30-24(17-21)23(18-27-30)26(32)28-12-3-4-13-28/h5-8,11,16-19H,2-4,9-10,12-15H2,1H3. The molecule has 5 rings (SSSR count). The van der Waals surface area contributed by atoms with E-state index in [0.717, 1.165) is 63.1 Å². The number of amides is 2. The Morgan fingerprint density at radius 1 is 0.970 bits per heavy atom. The largest absolute Gasteiger partial charge is 0.494 e. The number of hydrogen-bond donors (Lipinski definition) is 0. The fourth-order valence-electron chi connectivity index (χ4n) is 4.97. The van der Waals surface area contributed by atoms with E-state index >= 15 is 0 Å². The van der Waals surface area contributed by atoms with Gasteiger partial charge in [0.1, 0.15) is 5.75 Å². The maximum Gasteiger partial charge on any atom is 0.257 e. The fraction of sp³-hybridized carbons (Fsp3) is 0.423. The number of hydrogen-bond acceptors (Lipinski definition) is 4. The third kappa shape index (κ3) is 4.32. The highest BCUT2D eigenvalue weighted by atomic mass is 16.5. The van der Waals surface area contributed by atoms with E-state index in [0.29, 0.717) is 23.7 Å². The summed E-state index contributed by atoms with van der Waals surface area (Å²) in [5.74, 6) is 1.30. The minimum Gasteiger partial charge on any atom is -0.494 e. The minimum absolute atomic E-state index is 0.0706. The van der Waals surface area contributed by atoms with E-state index in [9.17, 15) is 9.59 Å². The molecule has 2 aliphatic heterocycles. The average Bonchev–Trinajstić information content (AvgIpc) is 3.54. The van der Waals surface area contributed by atoms with Crippen molar-refractivity contribution in [1.29, 1.82) is 0 Å². The Labute approximate surface area is 193 Å². The Morgan fingerprint density at radius 2 is 1.67 bits per heavy atom. The zero-order valence-electron chi connectivity index (χ0n) is 19.1. The first-order chi connectivity index (χ1) is 16.1. The predicted molar refractivity (Wildman–Crippen MR) is 126 cm³/mol. The van der Waals surface area contributed by atoms with Gasteiger partial charge in [-0.25, -0.2) is 4.52 Å². The van der Waals surface area contributed by atoms with E-state index in [4.69, 9.17) is 4.74 Å². The summed E-state index contributed by atoms with van der Waals surface area (Å²) in [6.07, 6.45) is 7.60. The predicted octanol–water partition coefficient (Wildman–Crippen LogP) is 3.99. The molecular weight excluding hydrogens is 416 g/mol. The van der Waals surface area contributed by atoms with Gasteiger partial charge in [0.15, 0.2) is 0 Å². The lowest BCUT2D eigenvalue weighted by Crippen LogP contribution is -2.37. The summed E-state index contributed by atoms with van der Waals surface area (Å²) in [5, 5.41) is 4.39. The van der Waals surface area contributed by atoms with Crippen LogP contribution < -0.4 is 4.74 Å². The number of nitrogens with zero attached hydrogens (tertiary/aromatic N) is 4. The number of rotatable bonds is 5. The van der Waals surface area contributed by atoms with Crippen LogP contribution in [0.2, 0.25) is 0 Å². The van der Waals surface area contributed by atoms with Gasteiger partial charge in [0, 0.05) is 37.9 Å². The van der Waals surface area contributed by atoms with Crippen molar-refractivity contribution in [3.63, 3.8) is 0 Å². The zero-order valence-corrected chi connectivity index (χ0v) is 19.1. The van der Waals surface area contributed by atoms with Gasteiger partial charge in [-0.1, -0.05) is 0 Å². The topological polar surface area (TPSA) is 67.2 Å². The Morgan fingerprint density at radius 3 is 2.36 bits per heavy atom. The van der Waals surface area contributed by atoms with Crippen molar-refractivity contribution in [2.24, 2.45) is 0 Å². The highest BCUT2D eigenvalue weighted by molar-refractivity contribution is 6.00. The van der Waals surface area contributed by atoms with Crippen molar-refractivity contribution < 1.29 is 14.3 Å². The van der Waals surface area contributed by atoms with Gasteiger partial charge >= 0.3 is 0 Å². The number of likely N-dealkylation sites (tertiary alicyclic amines) is 2. The second kappa shape index (κ2) is 9.25. The van der Waals surface area contributed by atoms with Crippen molar-refractivity contribution in [2.75, 3.05) is 32.8 Å². The van der Waals surface area contributed by atoms with E-state index in [-0.39, 0.29) is 11.8 Å². The highest BCUT2D eigenvalue weighted by Gasteiger charge is 2.26. The van der Waals surface area contributed by atoms with E-state index in [2.05, 4.69) is 17.2 Å². The number of piperidine rings is 1. The normalized spacial score (nSPS) is 17.0. The lowest BCUT2D eigenvalue weighted by atomic mass is 9.89. The summed E-state index contributed by atoms with van der Waals surface area (Å²) in [4.78, 5) is 29.7. The van der Waals surface area contributed by atoms with Gasteiger partial charge in [-0.05, 0) is 80.5 Å². The summed E-state index contributed by atoms with van der Waals surface area (Å²) in [5.41, 5.74) is 3.47. The van der Waals surface area contributed by atoms with Crippen molar-refractivity contribution in [3.05, 3.63) is 65.5 Å². The van der Waals surface area contributed by atoms with Crippen LogP contribution in [-0.4, -0.2) is 64.0 Å². The number of benzene rings is 1. The Kier molecular flexibility index (Phi) is 6.03. The van der Waals surface area contributed by atoms with Crippen LogP contribution in [0.5, 0.6) is 5.75 Å². The Hall–Kier alpha value is -3.35. The highest BCUT2D eigenvalue weighted by Crippen LogP contribution is 2.30. The molecule has 2 aromatic heterocycles. The third-order valence-electron chi connectivity index (χ3n) is 6.84. The molecule has 33 heavy (non-hydrogen) atoms. The van der Waals surface area contributed by atoms with Crippen LogP contribution in [0.1, 0.15) is 64.8 Å². The molecule has 0 radical (unpaired) electrons. The average molecular weight is 447 g/mol. The first kappa shape index (κ1) is 21.5. The zero-order chi connectivity index (χ0) is 22.8. The molecule has 2 fully saturated rings. The second-order valence-corrected chi connectivity index (χ2v) is 8.87. The van der Waals surface area contributed by atoms with Crippen molar-refractivity contribution in [3.8, 4) is 5.75 Å². The first-order valence-corrected chi connectivity index (χ1v) is 11.9. The van der Waals surface area contributed by atoms with Crippen molar-refractivity contribution in [2.45, 2.75) is 38.5 Å². The molecule has 0 spiro atoms. The fourth-order valence-corrected chi connectivity index (χ4v) is 4.97. The number of aromatic nitrogens is 2. The Balaban J connectivity index is 1.26. The molecule has 4 heterocycles. The van der Waals surface area contributed by atoms with Gasteiger partial charge in [-0.2, -0.15) is 5.10 Å². The Bertz CT molecular complexity index is 1140. The molecule has 0 unspecified atom stereocenters.